The number of amides is 1. The number of pyridine rings is 1. The van der Waals surface area contributed by atoms with Crippen molar-refractivity contribution < 1.29 is 27.6 Å². The largest absolute Gasteiger partial charge is 0.423 e. The second-order valence-corrected chi connectivity index (χ2v) is 10.2. The average Bonchev–Trinajstić information content (AvgIpc) is 2.96. The van der Waals surface area contributed by atoms with Crippen LogP contribution < -0.4 is 10.2 Å². The van der Waals surface area contributed by atoms with Crippen LogP contribution in [0.25, 0.3) is 10.9 Å². The van der Waals surface area contributed by atoms with Gasteiger partial charge in [-0.25, -0.2) is 0 Å². The molecule has 0 radical (unpaired) electrons. The van der Waals surface area contributed by atoms with Gasteiger partial charge < -0.3 is 19.9 Å². The van der Waals surface area contributed by atoms with Crippen LogP contribution in [0.2, 0.25) is 0 Å². The van der Waals surface area contributed by atoms with E-state index in [1.165, 1.54) is 6.07 Å². The van der Waals surface area contributed by atoms with Crippen molar-refractivity contribution in [3.8, 4) is 0 Å². The number of para-hydroxylation sites is 1. The number of halogens is 3. The van der Waals surface area contributed by atoms with Crippen LogP contribution in [0, 0.1) is 10.1 Å². The van der Waals surface area contributed by atoms with Gasteiger partial charge in [-0.3, -0.25) is 19.9 Å². The molecule has 0 spiro atoms. The molecule has 2 fully saturated rings. The van der Waals surface area contributed by atoms with Gasteiger partial charge in [-0.1, -0.05) is 18.2 Å². The Bertz CT molecular complexity index is 1370. The fraction of sp³-hybridized carbons (Fsp3) is 0.429. The van der Waals surface area contributed by atoms with Crippen LogP contribution in [0.5, 0.6) is 0 Å². The molecule has 212 valence electrons. The summed E-state index contributed by atoms with van der Waals surface area (Å²) in [4.78, 5) is 31.3. The van der Waals surface area contributed by atoms with Crippen LogP contribution in [0.15, 0.2) is 54.7 Å². The van der Waals surface area contributed by atoms with E-state index >= 15 is 0 Å². The monoisotopic (exact) mass is 557 g/mol. The zero-order valence-electron chi connectivity index (χ0n) is 21.8. The zero-order valence-corrected chi connectivity index (χ0v) is 21.8. The highest BCUT2D eigenvalue weighted by atomic mass is 19.4. The number of alkyl halides is 3. The standard InChI is InChI=1S/C28H30F3N5O4/c29-28(30,31)24-16-21(7-10-26(24)36(38)39)33-20-5-8-23(9-6-20)40-18-27(37)35-13-11-34(12-14-35)22-15-19-3-1-2-4-25(19)32-17-22/h1-4,7,10,15-17,20,23,33H,5-6,8-9,11-14,18H2/t20-,23-. The van der Waals surface area contributed by atoms with E-state index in [-0.39, 0.29) is 30.3 Å². The number of nitrogens with one attached hydrogen (secondary N) is 1. The van der Waals surface area contributed by atoms with Gasteiger partial charge in [0.2, 0.25) is 5.91 Å². The summed E-state index contributed by atoms with van der Waals surface area (Å²) < 4.78 is 45.7. The lowest BCUT2D eigenvalue weighted by molar-refractivity contribution is -0.388. The molecule has 2 aromatic carbocycles. The van der Waals surface area contributed by atoms with E-state index in [0.717, 1.165) is 28.7 Å². The third kappa shape index (κ3) is 6.44. The predicted octanol–water partition coefficient (Wildman–Crippen LogP) is 5.25. The molecule has 2 aliphatic rings. The molecule has 1 saturated heterocycles. The van der Waals surface area contributed by atoms with Crippen molar-refractivity contribution in [2.24, 2.45) is 0 Å². The van der Waals surface area contributed by atoms with Crippen LogP contribution in [-0.2, 0) is 15.7 Å². The number of carbonyl (C=O) groups is 1. The van der Waals surface area contributed by atoms with Gasteiger partial charge >= 0.3 is 6.18 Å². The topological polar surface area (TPSA) is 101 Å². The van der Waals surface area contributed by atoms with Crippen molar-refractivity contribution >= 4 is 33.9 Å². The second kappa shape index (κ2) is 11.7. The number of benzene rings is 2. The minimum absolute atomic E-state index is 0.00239. The molecule has 3 aromatic rings. The number of hydrogen-bond donors (Lipinski definition) is 1. The maximum atomic E-state index is 13.3. The van der Waals surface area contributed by atoms with Gasteiger partial charge in [0.1, 0.15) is 12.2 Å². The summed E-state index contributed by atoms with van der Waals surface area (Å²) in [5.41, 5.74) is -0.0597. The first kappa shape index (κ1) is 27.6. The van der Waals surface area contributed by atoms with Crippen molar-refractivity contribution in [3.63, 3.8) is 0 Å². The van der Waals surface area contributed by atoms with Gasteiger partial charge in [-0.2, -0.15) is 13.2 Å². The van der Waals surface area contributed by atoms with E-state index in [1.54, 1.807) is 0 Å². The van der Waals surface area contributed by atoms with Gasteiger partial charge in [0.05, 0.1) is 28.4 Å². The molecule has 5 rings (SSSR count). The number of aromatic nitrogens is 1. The first-order chi connectivity index (χ1) is 19.2. The Labute approximate surface area is 229 Å². The van der Waals surface area contributed by atoms with Crippen LogP contribution >= 0.6 is 0 Å². The van der Waals surface area contributed by atoms with Gasteiger partial charge in [0.15, 0.2) is 0 Å². The first-order valence-corrected chi connectivity index (χ1v) is 13.3. The lowest BCUT2D eigenvalue weighted by Gasteiger charge is -2.36. The predicted molar refractivity (Wildman–Crippen MR) is 144 cm³/mol. The molecule has 1 saturated carbocycles. The molecule has 1 aliphatic heterocycles. The van der Waals surface area contributed by atoms with Crippen molar-refractivity contribution in [1.82, 2.24) is 9.88 Å². The minimum atomic E-state index is -4.82. The highest BCUT2D eigenvalue weighted by molar-refractivity contribution is 5.82. The van der Waals surface area contributed by atoms with Crippen LogP contribution in [-0.4, -0.2) is 65.6 Å². The fourth-order valence-electron chi connectivity index (χ4n) is 5.35. The Hall–Kier alpha value is -3.93. The number of piperazine rings is 1. The molecule has 0 atom stereocenters. The molecule has 2 heterocycles. The zero-order chi connectivity index (χ0) is 28.3. The van der Waals surface area contributed by atoms with Crippen molar-refractivity contribution in [2.75, 3.05) is 43.0 Å². The normalized spacial score (nSPS) is 20.0. The minimum Gasteiger partial charge on any atom is -0.382 e. The molecule has 40 heavy (non-hydrogen) atoms. The number of nitro groups is 1. The Morgan fingerprint density at radius 3 is 2.48 bits per heavy atom. The summed E-state index contributed by atoms with van der Waals surface area (Å²) in [6, 6.07) is 12.9. The fourth-order valence-corrected chi connectivity index (χ4v) is 5.35. The van der Waals surface area contributed by atoms with Crippen LogP contribution in [0.4, 0.5) is 30.2 Å². The van der Waals surface area contributed by atoms with Crippen LogP contribution in [0.1, 0.15) is 31.2 Å². The third-order valence-corrected chi connectivity index (χ3v) is 7.56. The number of fused-ring (bicyclic) bond motifs is 1. The highest BCUT2D eigenvalue weighted by Crippen LogP contribution is 2.38. The summed E-state index contributed by atoms with van der Waals surface area (Å²) in [6.45, 7) is 2.61. The molecule has 1 aliphatic carbocycles. The summed E-state index contributed by atoms with van der Waals surface area (Å²) in [5.74, 6) is -0.0536. The number of nitrogens with zero attached hydrogens (tertiary/aromatic N) is 4. The number of hydrogen-bond acceptors (Lipinski definition) is 7. The summed E-state index contributed by atoms with van der Waals surface area (Å²) in [6.07, 6.45) is -0.441. The molecule has 1 aromatic heterocycles. The number of rotatable bonds is 7. The molecular weight excluding hydrogens is 527 g/mol. The van der Waals surface area contributed by atoms with Gasteiger partial charge in [0, 0.05) is 49.4 Å². The first-order valence-electron chi connectivity index (χ1n) is 13.3. The third-order valence-electron chi connectivity index (χ3n) is 7.56. The molecular formula is C28H30F3N5O4. The van der Waals surface area contributed by atoms with Crippen molar-refractivity contribution in [1.29, 1.82) is 0 Å². The van der Waals surface area contributed by atoms with E-state index in [4.69, 9.17) is 4.74 Å². The highest BCUT2D eigenvalue weighted by Gasteiger charge is 2.38. The Balaban J connectivity index is 1.05. The molecule has 1 N–H and O–H groups in total. The van der Waals surface area contributed by atoms with Gasteiger partial charge in [-0.05, 0) is 49.9 Å². The average molecular weight is 558 g/mol. The summed E-state index contributed by atoms with van der Waals surface area (Å²) in [7, 11) is 0. The molecule has 0 unspecified atom stereocenters. The van der Waals surface area contributed by atoms with E-state index in [0.29, 0.717) is 51.9 Å². The van der Waals surface area contributed by atoms with E-state index in [1.807, 2.05) is 35.4 Å². The SMILES string of the molecule is O=C(CO[C@H]1CC[C@H](Nc2ccc([N+](=O)[O-])c(C(F)(F)F)c2)CC1)N1CCN(c2cnc3ccccc3c2)CC1. The molecule has 9 nitrogen and oxygen atoms in total. The van der Waals surface area contributed by atoms with Crippen molar-refractivity contribution in [3.05, 3.63) is 70.4 Å². The van der Waals surface area contributed by atoms with E-state index in [2.05, 4.69) is 21.3 Å². The molecule has 0 bridgehead atoms. The summed E-state index contributed by atoms with van der Waals surface area (Å²) >= 11 is 0. The summed E-state index contributed by atoms with van der Waals surface area (Å²) in [5, 5.41) is 15.1. The molecule has 1 amide bonds. The quantitative estimate of drug-likeness (QED) is 0.313. The Morgan fingerprint density at radius 1 is 1.05 bits per heavy atom. The van der Waals surface area contributed by atoms with Crippen molar-refractivity contribution in [2.45, 2.75) is 44.0 Å². The van der Waals surface area contributed by atoms with E-state index < -0.39 is 22.4 Å². The number of nitro benzene ring substituents is 1. The van der Waals surface area contributed by atoms with Gasteiger partial charge in [-0.15, -0.1) is 0 Å². The van der Waals surface area contributed by atoms with Crippen LogP contribution in [0.3, 0.4) is 0 Å². The Kier molecular flexibility index (Phi) is 8.06. The lowest BCUT2D eigenvalue weighted by Crippen LogP contribution is -2.50. The number of carbonyl (C=O) groups excluding carboxylic acids is 1. The lowest BCUT2D eigenvalue weighted by atomic mass is 9.92. The second-order valence-electron chi connectivity index (χ2n) is 10.2. The van der Waals surface area contributed by atoms with E-state index in [9.17, 15) is 28.1 Å². The van der Waals surface area contributed by atoms with Gasteiger partial charge in [0.25, 0.3) is 5.69 Å². The molecule has 12 heteroatoms. The number of ether oxygens (including phenoxy) is 1. The Morgan fingerprint density at radius 2 is 1.77 bits per heavy atom. The maximum Gasteiger partial charge on any atom is 0.423 e. The number of anilines is 2. The smallest absolute Gasteiger partial charge is 0.382 e. The maximum absolute atomic E-state index is 13.3.